The van der Waals surface area contributed by atoms with Gasteiger partial charge in [0.2, 0.25) is 5.92 Å². The summed E-state index contributed by atoms with van der Waals surface area (Å²) in [6, 6.07) is 5.18. The van der Waals surface area contributed by atoms with Crippen LogP contribution in [0, 0.1) is 11.3 Å². The van der Waals surface area contributed by atoms with Gasteiger partial charge >= 0.3 is 6.18 Å². The van der Waals surface area contributed by atoms with E-state index in [1.54, 1.807) is 16.7 Å². The molecule has 1 saturated carbocycles. The van der Waals surface area contributed by atoms with Crippen molar-refractivity contribution in [2.75, 3.05) is 14.2 Å². The normalized spacial score (nSPS) is 18.5. The molecule has 1 aromatic carbocycles. The van der Waals surface area contributed by atoms with Gasteiger partial charge < -0.3 is 14.2 Å². The number of hydrogen-bond donors (Lipinski definition) is 0. The Labute approximate surface area is 206 Å². The zero-order valence-corrected chi connectivity index (χ0v) is 20.7. The van der Waals surface area contributed by atoms with Crippen LogP contribution in [0.25, 0.3) is 11.3 Å². The van der Waals surface area contributed by atoms with Gasteiger partial charge in [-0.2, -0.15) is 18.4 Å². The van der Waals surface area contributed by atoms with Crippen LogP contribution in [-0.2, 0) is 13.0 Å². The van der Waals surface area contributed by atoms with Gasteiger partial charge in [0.15, 0.2) is 5.82 Å². The summed E-state index contributed by atoms with van der Waals surface area (Å²) in [6.45, 7) is 1.30. The molecule has 188 valence electrons. The number of methoxy groups -OCH3 is 1. The van der Waals surface area contributed by atoms with Gasteiger partial charge in [0.05, 0.1) is 35.5 Å². The van der Waals surface area contributed by atoms with Crippen molar-refractivity contribution in [3.8, 4) is 23.1 Å². The second-order valence-electron chi connectivity index (χ2n) is 9.22. The fourth-order valence-electron chi connectivity index (χ4n) is 4.68. The summed E-state index contributed by atoms with van der Waals surface area (Å²) in [5, 5.41) is 9.49. The molecule has 1 amide bonds. The monoisotopic (exact) mass is 560 g/mol. The maximum absolute atomic E-state index is 13.7. The van der Waals surface area contributed by atoms with Crippen molar-refractivity contribution in [3.05, 3.63) is 33.7 Å². The van der Waals surface area contributed by atoms with Crippen molar-refractivity contribution in [2.24, 2.45) is 0 Å². The first-order chi connectivity index (χ1) is 16.2. The standard InChI is InChI=1S/C23H22BrF5N4O2/c1-21(11-30,10-23(27,28)29)32(2)20(34)19-31-17(13-8-22(25,26)9-13)18-14-7-15(24)16(35-3)6-12(14)4-5-33(18)19/h6-7,13H,4-5,8-10H2,1-3H3/t21-/m0/s1. The number of nitriles is 1. The second-order valence-corrected chi connectivity index (χ2v) is 10.1. The highest BCUT2D eigenvalue weighted by atomic mass is 79.9. The Hall–Kier alpha value is -2.68. The summed E-state index contributed by atoms with van der Waals surface area (Å²) >= 11 is 3.43. The molecule has 1 aliphatic carbocycles. The van der Waals surface area contributed by atoms with E-state index in [0.717, 1.165) is 24.4 Å². The number of carbonyl (C=O) groups is 1. The van der Waals surface area contributed by atoms with E-state index in [-0.39, 0.29) is 12.4 Å². The number of aryl methyl sites for hydroxylation is 1. The van der Waals surface area contributed by atoms with Crippen molar-refractivity contribution >= 4 is 21.8 Å². The highest BCUT2D eigenvalue weighted by Gasteiger charge is 2.50. The number of halogens is 6. The van der Waals surface area contributed by atoms with E-state index < -0.39 is 48.7 Å². The van der Waals surface area contributed by atoms with E-state index in [2.05, 4.69) is 20.9 Å². The lowest BCUT2D eigenvalue weighted by Gasteiger charge is -2.35. The van der Waals surface area contributed by atoms with Crippen LogP contribution in [0.1, 0.15) is 54.0 Å². The molecule has 1 aromatic heterocycles. The van der Waals surface area contributed by atoms with E-state index in [9.17, 15) is 32.0 Å². The quantitative estimate of drug-likeness (QED) is 0.440. The molecule has 12 heteroatoms. The molecule has 0 unspecified atom stereocenters. The molecular weight excluding hydrogens is 539 g/mol. The summed E-state index contributed by atoms with van der Waals surface area (Å²) in [5.74, 6) is -3.92. The molecule has 1 atom stereocenters. The minimum atomic E-state index is -4.68. The van der Waals surface area contributed by atoms with Gasteiger partial charge in [-0.3, -0.25) is 4.79 Å². The molecule has 0 radical (unpaired) electrons. The van der Waals surface area contributed by atoms with Crippen LogP contribution in [0.4, 0.5) is 22.0 Å². The molecule has 1 aliphatic heterocycles. The first kappa shape index (κ1) is 25.4. The molecule has 0 spiro atoms. The summed E-state index contributed by atoms with van der Waals surface area (Å²) in [5.41, 5.74) is 0.174. The number of carbonyl (C=O) groups excluding carboxylic acids is 1. The van der Waals surface area contributed by atoms with Crippen LogP contribution in [0.5, 0.6) is 5.75 Å². The van der Waals surface area contributed by atoms with E-state index in [1.165, 1.54) is 7.11 Å². The van der Waals surface area contributed by atoms with Gasteiger partial charge in [0.1, 0.15) is 11.3 Å². The van der Waals surface area contributed by atoms with Crippen molar-refractivity contribution in [3.63, 3.8) is 0 Å². The molecule has 2 aliphatic rings. The number of imidazole rings is 1. The van der Waals surface area contributed by atoms with Crippen LogP contribution in [0.2, 0.25) is 0 Å². The van der Waals surface area contributed by atoms with Gasteiger partial charge in [-0.05, 0) is 47.0 Å². The highest BCUT2D eigenvalue weighted by Crippen LogP contribution is 2.51. The number of rotatable bonds is 5. The predicted molar refractivity (Wildman–Crippen MR) is 119 cm³/mol. The summed E-state index contributed by atoms with van der Waals surface area (Å²) in [6.07, 6.45) is -6.61. The second kappa shape index (κ2) is 8.47. The fraction of sp³-hybridized carbons (Fsp3) is 0.522. The molecule has 0 bridgehead atoms. The first-order valence-corrected chi connectivity index (χ1v) is 11.6. The van der Waals surface area contributed by atoms with Gasteiger partial charge in [-0.1, -0.05) is 0 Å². The van der Waals surface area contributed by atoms with E-state index >= 15 is 0 Å². The van der Waals surface area contributed by atoms with Crippen molar-refractivity contribution in [1.82, 2.24) is 14.5 Å². The Kier molecular flexibility index (Phi) is 6.15. The number of nitrogens with zero attached hydrogens (tertiary/aromatic N) is 4. The fourth-order valence-corrected chi connectivity index (χ4v) is 5.19. The number of benzene rings is 1. The number of amides is 1. The van der Waals surface area contributed by atoms with Crippen LogP contribution in [0.15, 0.2) is 16.6 Å². The van der Waals surface area contributed by atoms with Crippen LogP contribution in [0.3, 0.4) is 0 Å². The summed E-state index contributed by atoms with van der Waals surface area (Å²) in [7, 11) is 2.63. The van der Waals surface area contributed by atoms with Gasteiger partial charge in [0.25, 0.3) is 5.91 Å². The minimum Gasteiger partial charge on any atom is -0.496 e. The van der Waals surface area contributed by atoms with Crippen molar-refractivity contribution in [2.45, 2.75) is 62.7 Å². The van der Waals surface area contributed by atoms with Crippen molar-refractivity contribution in [1.29, 1.82) is 5.26 Å². The molecule has 2 aromatic rings. The maximum atomic E-state index is 13.7. The Balaban J connectivity index is 1.83. The van der Waals surface area contributed by atoms with Crippen LogP contribution in [-0.4, -0.2) is 52.2 Å². The molecule has 1 fully saturated rings. The van der Waals surface area contributed by atoms with E-state index in [4.69, 9.17) is 4.74 Å². The van der Waals surface area contributed by atoms with Gasteiger partial charge in [-0.25, -0.2) is 13.8 Å². The van der Waals surface area contributed by atoms with Gasteiger partial charge in [0, 0.05) is 37.9 Å². The molecule has 2 heterocycles. The van der Waals surface area contributed by atoms with E-state index in [0.29, 0.717) is 33.6 Å². The molecular formula is C23H22BrF5N4O2. The van der Waals surface area contributed by atoms with Crippen molar-refractivity contribution < 1.29 is 31.5 Å². The Morgan fingerprint density at radius 3 is 2.57 bits per heavy atom. The summed E-state index contributed by atoms with van der Waals surface area (Å²) in [4.78, 5) is 18.6. The average molecular weight is 561 g/mol. The number of hydrogen-bond acceptors (Lipinski definition) is 4. The Morgan fingerprint density at radius 1 is 1.37 bits per heavy atom. The Morgan fingerprint density at radius 2 is 2.03 bits per heavy atom. The molecule has 0 N–H and O–H groups in total. The maximum Gasteiger partial charge on any atom is 0.392 e. The zero-order chi connectivity index (χ0) is 25.9. The molecule has 4 rings (SSSR count). The number of fused-ring (bicyclic) bond motifs is 3. The molecule has 35 heavy (non-hydrogen) atoms. The smallest absolute Gasteiger partial charge is 0.392 e. The number of ether oxygens (including phenoxy) is 1. The van der Waals surface area contributed by atoms with Crippen LogP contribution < -0.4 is 4.74 Å². The molecule has 0 saturated heterocycles. The Bertz CT molecular complexity index is 1230. The van der Waals surface area contributed by atoms with E-state index in [1.807, 2.05) is 6.07 Å². The van der Waals surface area contributed by atoms with Crippen LogP contribution >= 0.6 is 15.9 Å². The lowest BCUT2D eigenvalue weighted by atomic mass is 9.77. The number of aromatic nitrogens is 2. The minimum absolute atomic E-state index is 0.172. The summed E-state index contributed by atoms with van der Waals surface area (Å²) < 4.78 is 74.4. The topological polar surface area (TPSA) is 71.2 Å². The van der Waals surface area contributed by atoms with Gasteiger partial charge in [-0.15, -0.1) is 0 Å². The SMILES string of the molecule is COc1cc2c(cc1Br)-c1c(C3CC(F)(F)C3)nc(C(=O)N(C)[C@](C)(C#N)CC(F)(F)F)n1CC2. The largest absolute Gasteiger partial charge is 0.496 e. The number of alkyl halides is 5. The zero-order valence-electron chi connectivity index (χ0n) is 19.1. The molecule has 6 nitrogen and oxygen atoms in total. The predicted octanol–water partition coefficient (Wildman–Crippen LogP) is 5.70. The average Bonchev–Trinajstić information content (AvgIpc) is 3.14. The third-order valence-electron chi connectivity index (χ3n) is 6.73. The lowest BCUT2D eigenvalue weighted by molar-refractivity contribution is -0.150. The lowest BCUT2D eigenvalue weighted by Crippen LogP contribution is -2.49. The highest BCUT2D eigenvalue weighted by molar-refractivity contribution is 9.10. The third kappa shape index (κ3) is 4.50. The third-order valence-corrected chi connectivity index (χ3v) is 7.35. The first-order valence-electron chi connectivity index (χ1n) is 10.8.